The highest BCUT2D eigenvalue weighted by molar-refractivity contribution is 5.91. The molecule has 3 aromatic rings. The maximum Gasteiger partial charge on any atom is 0.339 e. The highest BCUT2D eigenvalue weighted by atomic mass is 16.5. The predicted molar refractivity (Wildman–Crippen MR) is 86.7 cm³/mol. The van der Waals surface area contributed by atoms with Gasteiger partial charge in [0.2, 0.25) is 0 Å². The lowest BCUT2D eigenvalue weighted by Crippen LogP contribution is -2.13. The summed E-state index contributed by atoms with van der Waals surface area (Å²) in [5.74, 6) is -0.0123. The van der Waals surface area contributed by atoms with Crippen molar-refractivity contribution in [2.45, 2.75) is 20.8 Å². The number of hydrogen-bond acceptors (Lipinski definition) is 4. The van der Waals surface area contributed by atoms with Gasteiger partial charge >= 0.3 is 5.97 Å². The maximum atomic E-state index is 12.3. The molecule has 0 aliphatic rings. The molecule has 0 atom stereocenters. The number of hydrogen-bond donors (Lipinski definition) is 1. The van der Waals surface area contributed by atoms with Crippen LogP contribution in [0.4, 0.5) is 0 Å². The zero-order valence-electron chi connectivity index (χ0n) is 13.2. The lowest BCUT2D eigenvalue weighted by Gasteiger charge is -2.05. The standard InChI is InChI=1S/C17H17N3O3/c1-4-23-17(22)13-8-14-16(21)18-15(19-20(14)9-13)12-6-5-10(2)11(3)7-12/h5-9H,4H2,1-3H3,(H,18,19,21). The first-order valence-corrected chi connectivity index (χ1v) is 7.37. The van der Waals surface area contributed by atoms with E-state index in [-0.39, 0.29) is 12.2 Å². The molecule has 0 saturated heterocycles. The molecule has 2 aromatic heterocycles. The molecular formula is C17H17N3O3. The normalized spacial score (nSPS) is 10.9. The Hall–Kier alpha value is -2.89. The number of rotatable bonds is 3. The molecule has 0 spiro atoms. The van der Waals surface area contributed by atoms with Crippen molar-refractivity contribution in [3.63, 3.8) is 0 Å². The van der Waals surface area contributed by atoms with Gasteiger partial charge in [-0.2, -0.15) is 0 Å². The molecule has 1 aromatic carbocycles. The summed E-state index contributed by atoms with van der Waals surface area (Å²) < 4.78 is 6.36. The Balaban J connectivity index is 2.11. The van der Waals surface area contributed by atoms with Crippen LogP contribution in [0.3, 0.4) is 0 Å². The quantitative estimate of drug-likeness (QED) is 0.754. The average molecular weight is 311 g/mol. The molecule has 2 heterocycles. The van der Waals surface area contributed by atoms with Gasteiger partial charge < -0.3 is 9.72 Å². The largest absolute Gasteiger partial charge is 0.462 e. The van der Waals surface area contributed by atoms with Gasteiger partial charge in [-0.1, -0.05) is 12.1 Å². The third-order valence-corrected chi connectivity index (χ3v) is 3.76. The summed E-state index contributed by atoms with van der Waals surface area (Å²) in [6.45, 7) is 6.04. The number of fused-ring (bicyclic) bond motifs is 1. The molecule has 6 nitrogen and oxygen atoms in total. The molecule has 0 fully saturated rings. The molecule has 0 amide bonds. The van der Waals surface area contributed by atoms with E-state index in [9.17, 15) is 9.59 Å². The molecule has 0 saturated carbocycles. The molecular weight excluding hydrogens is 294 g/mol. The lowest BCUT2D eigenvalue weighted by atomic mass is 10.1. The van der Waals surface area contributed by atoms with Crippen LogP contribution in [0.2, 0.25) is 0 Å². The summed E-state index contributed by atoms with van der Waals surface area (Å²) in [4.78, 5) is 26.8. The van der Waals surface area contributed by atoms with Crippen molar-refractivity contribution in [3.8, 4) is 11.4 Å². The number of benzene rings is 1. The highest BCUT2D eigenvalue weighted by Gasteiger charge is 2.13. The van der Waals surface area contributed by atoms with Crippen LogP contribution in [0.15, 0.2) is 35.3 Å². The minimum absolute atomic E-state index is 0.280. The Bertz CT molecular complexity index is 953. The van der Waals surface area contributed by atoms with Gasteiger partial charge in [-0.3, -0.25) is 4.79 Å². The molecule has 0 radical (unpaired) electrons. The lowest BCUT2D eigenvalue weighted by molar-refractivity contribution is 0.0526. The molecule has 6 heteroatoms. The SMILES string of the molecule is CCOC(=O)c1cc2c(=O)[nH]c(-c3ccc(C)c(C)c3)nn2c1. The number of esters is 1. The second-order valence-corrected chi connectivity index (χ2v) is 5.38. The van der Waals surface area contributed by atoms with Crippen molar-refractivity contribution in [2.75, 3.05) is 6.61 Å². The first-order chi connectivity index (χ1) is 11.0. The molecule has 0 unspecified atom stereocenters. The van der Waals surface area contributed by atoms with E-state index in [1.165, 1.54) is 22.3 Å². The van der Waals surface area contributed by atoms with Gasteiger partial charge in [0.25, 0.3) is 5.56 Å². The number of carbonyl (C=O) groups is 1. The minimum atomic E-state index is -0.467. The van der Waals surface area contributed by atoms with E-state index < -0.39 is 5.97 Å². The van der Waals surface area contributed by atoms with Gasteiger partial charge in [0, 0.05) is 11.8 Å². The van der Waals surface area contributed by atoms with Crippen LogP contribution < -0.4 is 5.56 Å². The summed E-state index contributed by atoms with van der Waals surface area (Å²) in [6.07, 6.45) is 1.51. The van der Waals surface area contributed by atoms with E-state index >= 15 is 0 Å². The Labute approximate surface area is 132 Å². The fourth-order valence-corrected chi connectivity index (χ4v) is 2.35. The average Bonchev–Trinajstić information content (AvgIpc) is 2.95. The molecule has 23 heavy (non-hydrogen) atoms. The smallest absolute Gasteiger partial charge is 0.339 e. The van der Waals surface area contributed by atoms with Crippen LogP contribution in [0.25, 0.3) is 16.9 Å². The summed E-state index contributed by atoms with van der Waals surface area (Å²) >= 11 is 0. The van der Waals surface area contributed by atoms with E-state index in [2.05, 4.69) is 10.1 Å². The summed E-state index contributed by atoms with van der Waals surface area (Å²) in [7, 11) is 0. The van der Waals surface area contributed by atoms with Crippen molar-refractivity contribution in [3.05, 3.63) is 57.5 Å². The topological polar surface area (TPSA) is 76.5 Å². The van der Waals surface area contributed by atoms with E-state index in [4.69, 9.17) is 4.74 Å². The highest BCUT2D eigenvalue weighted by Crippen LogP contribution is 2.18. The number of nitrogens with zero attached hydrogens (tertiary/aromatic N) is 2. The van der Waals surface area contributed by atoms with E-state index in [0.717, 1.165) is 11.1 Å². The van der Waals surface area contributed by atoms with Crippen molar-refractivity contribution in [1.82, 2.24) is 14.6 Å². The van der Waals surface area contributed by atoms with Crippen LogP contribution in [-0.2, 0) is 4.74 Å². The van der Waals surface area contributed by atoms with Crippen LogP contribution in [-0.4, -0.2) is 27.2 Å². The van der Waals surface area contributed by atoms with Crippen molar-refractivity contribution in [2.24, 2.45) is 0 Å². The van der Waals surface area contributed by atoms with Crippen LogP contribution >= 0.6 is 0 Å². The Morgan fingerprint density at radius 1 is 1.26 bits per heavy atom. The fourth-order valence-electron chi connectivity index (χ4n) is 2.35. The molecule has 0 aliphatic heterocycles. The van der Waals surface area contributed by atoms with Crippen molar-refractivity contribution >= 4 is 11.5 Å². The van der Waals surface area contributed by atoms with Crippen molar-refractivity contribution in [1.29, 1.82) is 0 Å². The number of aromatic amines is 1. The molecule has 0 aliphatic carbocycles. The van der Waals surface area contributed by atoms with Gasteiger partial charge in [-0.05, 0) is 44.0 Å². The third kappa shape index (κ3) is 2.75. The fraction of sp³-hybridized carbons (Fsp3) is 0.235. The minimum Gasteiger partial charge on any atom is -0.462 e. The number of aromatic nitrogens is 3. The molecule has 1 N–H and O–H groups in total. The monoisotopic (exact) mass is 311 g/mol. The summed E-state index contributed by atoms with van der Waals surface area (Å²) in [5.41, 5.74) is 3.41. The van der Waals surface area contributed by atoms with Crippen molar-refractivity contribution < 1.29 is 9.53 Å². The maximum absolute atomic E-state index is 12.3. The van der Waals surface area contributed by atoms with Gasteiger partial charge in [-0.15, -0.1) is 5.10 Å². The molecule has 3 rings (SSSR count). The molecule has 118 valence electrons. The van der Waals surface area contributed by atoms with Gasteiger partial charge in [0.15, 0.2) is 5.82 Å². The third-order valence-electron chi connectivity index (χ3n) is 3.76. The number of nitrogens with one attached hydrogen (secondary N) is 1. The first kappa shape index (κ1) is 15.0. The second-order valence-electron chi connectivity index (χ2n) is 5.38. The zero-order valence-corrected chi connectivity index (χ0v) is 13.2. The summed E-state index contributed by atoms with van der Waals surface area (Å²) in [5, 5.41) is 4.39. The Kier molecular flexibility index (Phi) is 3.73. The van der Waals surface area contributed by atoms with E-state index in [1.807, 2.05) is 32.0 Å². The van der Waals surface area contributed by atoms with Crippen LogP contribution in [0.5, 0.6) is 0 Å². The van der Waals surface area contributed by atoms with E-state index in [1.54, 1.807) is 6.92 Å². The summed E-state index contributed by atoms with van der Waals surface area (Å²) in [6, 6.07) is 7.33. The van der Waals surface area contributed by atoms with Crippen LogP contribution in [0, 0.1) is 13.8 Å². The first-order valence-electron chi connectivity index (χ1n) is 7.37. The second kappa shape index (κ2) is 5.72. The Morgan fingerprint density at radius 3 is 2.74 bits per heavy atom. The van der Waals surface area contributed by atoms with Crippen LogP contribution in [0.1, 0.15) is 28.4 Å². The van der Waals surface area contributed by atoms with E-state index in [0.29, 0.717) is 16.9 Å². The zero-order chi connectivity index (χ0) is 16.6. The van der Waals surface area contributed by atoms with Gasteiger partial charge in [0.05, 0.1) is 12.2 Å². The van der Waals surface area contributed by atoms with Gasteiger partial charge in [0.1, 0.15) is 5.52 Å². The Morgan fingerprint density at radius 2 is 2.04 bits per heavy atom. The molecule has 0 bridgehead atoms. The predicted octanol–water partition coefficient (Wildman–Crippen LogP) is 2.48. The number of H-pyrrole nitrogens is 1. The number of ether oxygens (including phenoxy) is 1. The van der Waals surface area contributed by atoms with Gasteiger partial charge in [-0.25, -0.2) is 9.31 Å². The number of aryl methyl sites for hydroxylation is 2. The number of carbonyl (C=O) groups excluding carboxylic acids is 1.